The first kappa shape index (κ1) is 12.3. The van der Waals surface area contributed by atoms with Crippen LogP contribution in [0, 0.1) is 0 Å². The number of nitrogens with zero attached hydrogens (tertiary/aromatic N) is 3. The zero-order valence-electron chi connectivity index (χ0n) is 10.1. The zero-order chi connectivity index (χ0) is 13.0. The van der Waals surface area contributed by atoms with Gasteiger partial charge in [-0.2, -0.15) is 4.98 Å². The molecule has 0 bridgehead atoms. The third kappa shape index (κ3) is 2.57. The molecule has 0 spiro atoms. The zero-order valence-corrected chi connectivity index (χ0v) is 10.1. The second-order valence-electron chi connectivity index (χ2n) is 3.55. The lowest BCUT2D eigenvalue weighted by Crippen LogP contribution is -2.21. The Morgan fingerprint density at radius 1 is 1.44 bits per heavy atom. The molecule has 0 aromatic carbocycles. The minimum Gasteiger partial charge on any atom is -0.491 e. The summed E-state index contributed by atoms with van der Waals surface area (Å²) in [6.45, 7) is 0.475. The molecule has 0 amide bonds. The van der Waals surface area contributed by atoms with Gasteiger partial charge in [-0.05, 0) is 12.1 Å². The Morgan fingerprint density at radius 3 is 3.00 bits per heavy atom. The van der Waals surface area contributed by atoms with Crippen molar-refractivity contribution in [2.45, 2.75) is 13.2 Å². The van der Waals surface area contributed by atoms with Crippen LogP contribution in [0.3, 0.4) is 0 Å². The maximum atomic E-state index is 11.9. The van der Waals surface area contributed by atoms with Gasteiger partial charge in [0.25, 0.3) is 11.4 Å². The minimum absolute atomic E-state index is 0.225. The van der Waals surface area contributed by atoms with Gasteiger partial charge in [0, 0.05) is 13.3 Å². The summed E-state index contributed by atoms with van der Waals surface area (Å²) in [6, 6.07) is 3.32. The number of ether oxygens (including phenoxy) is 2. The second-order valence-corrected chi connectivity index (χ2v) is 3.55. The molecule has 0 saturated heterocycles. The summed E-state index contributed by atoms with van der Waals surface area (Å²) in [4.78, 5) is 16.0. The van der Waals surface area contributed by atoms with Gasteiger partial charge in [0.2, 0.25) is 0 Å². The van der Waals surface area contributed by atoms with Gasteiger partial charge < -0.3 is 18.6 Å². The van der Waals surface area contributed by atoms with Gasteiger partial charge in [0.1, 0.15) is 6.61 Å². The highest BCUT2D eigenvalue weighted by molar-refractivity contribution is 5.17. The average molecular weight is 251 g/mol. The van der Waals surface area contributed by atoms with E-state index >= 15 is 0 Å². The molecule has 0 aliphatic heterocycles. The molecule has 2 heterocycles. The lowest BCUT2D eigenvalue weighted by molar-refractivity contribution is 0.151. The molecule has 0 radical (unpaired) electrons. The molecule has 0 atom stereocenters. The van der Waals surface area contributed by atoms with Crippen molar-refractivity contribution >= 4 is 0 Å². The van der Waals surface area contributed by atoms with E-state index in [1.165, 1.54) is 18.8 Å². The van der Waals surface area contributed by atoms with Gasteiger partial charge in [-0.1, -0.05) is 5.16 Å². The highest BCUT2D eigenvalue weighted by Gasteiger charge is 2.09. The fraction of sp³-hybridized carbons (Fsp3) is 0.364. The van der Waals surface area contributed by atoms with Crippen LogP contribution in [0.25, 0.3) is 0 Å². The summed E-state index contributed by atoms with van der Waals surface area (Å²) in [5, 5.41) is 3.76. The van der Waals surface area contributed by atoms with Crippen LogP contribution in [-0.2, 0) is 17.9 Å². The molecule has 2 rings (SSSR count). The van der Waals surface area contributed by atoms with Crippen molar-refractivity contribution in [3.05, 3.63) is 40.4 Å². The van der Waals surface area contributed by atoms with Crippen LogP contribution < -0.4 is 10.3 Å². The third-order valence-corrected chi connectivity index (χ3v) is 2.29. The fourth-order valence-electron chi connectivity index (χ4n) is 1.48. The van der Waals surface area contributed by atoms with Crippen molar-refractivity contribution in [2.75, 3.05) is 14.2 Å². The van der Waals surface area contributed by atoms with Gasteiger partial charge in [-0.25, -0.2) is 0 Å². The molecule has 2 aromatic rings. The predicted molar refractivity (Wildman–Crippen MR) is 61.4 cm³/mol. The van der Waals surface area contributed by atoms with Crippen LogP contribution in [0.4, 0.5) is 0 Å². The van der Waals surface area contributed by atoms with E-state index in [0.717, 1.165) is 0 Å². The Morgan fingerprint density at radius 2 is 2.28 bits per heavy atom. The molecule has 96 valence electrons. The van der Waals surface area contributed by atoms with Crippen LogP contribution in [0.2, 0.25) is 0 Å². The smallest absolute Gasteiger partial charge is 0.293 e. The van der Waals surface area contributed by atoms with Crippen LogP contribution in [0.5, 0.6) is 5.75 Å². The maximum Gasteiger partial charge on any atom is 0.293 e. The first-order valence-electron chi connectivity index (χ1n) is 5.28. The molecule has 7 heteroatoms. The monoisotopic (exact) mass is 251 g/mol. The molecule has 0 aliphatic carbocycles. The van der Waals surface area contributed by atoms with Crippen molar-refractivity contribution in [1.29, 1.82) is 0 Å². The van der Waals surface area contributed by atoms with Crippen molar-refractivity contribution in [3.8, 4) is 5.75 Å². The highest BCUT2D eigenvalue weighted by Crippen LogP contribution is 2.03. The SMILES string of the molecule is COCc1nc(Cn2cccc(OC)c2=O)no1. The van der Waals surface area contributed by atoms with E-state index in [1.54, 1.807) is 18.3 Å². The Bertz CT molecular complexity index is 576. The number of methoxy groups -OCH3 is 2. The Kier molecular flexibility index (Phi) is 3.73. The maximum absolute atomic E-state index is 11.9. The van der Waals surface area contributed by atoms with Crippen molar-refractivity contribution < 1.29 is 14.0 Å². The number of pyridine rings is 1. The first-order chi connectivity index (χ1) is 8.74. The number of hydrogen-bond acceptors (Lipinski definition) is 6. The quantitative estimate of drug-likeness (QED) is 0.767. The van der Waals surface area contributed by atoms with Crippen LogP contribution in [-0.4, -0.2) is 28.9 Å². The molecule has 0 N–H and O–H groups in total. The summed E-state index contributed by atoms with van der Waals surface area (Å²) in [5.74, 6) is 1.07. The second kappa shape index (κ2) is 5.46. The number of hydrogen-bond donors (Lipinski definition) is 0. The largest absolute Gasteiger partial charge is 0.491 e. The first-order valence-corrected chi connectivity index (χ1v) is 5.28. The Labute approximate surface area is 103 Å². The third-order valence-electron chi connectivity index (χ3n) is 2.29. The lowest BCUT2D eigenvalue weighted by atomic mass is 10.4. The van der Waals surface area contributed by atoms with E-state index in [2.05, 4.69) is 10.1 Å². The van der Waals surface area contributed by atoms with Crippen molar-refractivity contribution in [2.24, 2.45) is 0 Å². The van der Waals surface area contributed by atoms with Gasteiger partial charge in [-0.3, -0.25) is 4.79 Å². The number of rotatable bonds is 5. The van der Waals surface area contributed by atoms with E-state index in [-0.39, 0.29) is 24.5 Å². The summed E-state index contributed by atoms with van der Waals surface area (Å²) in [6.07, 6.45) is 1.64. The van der Waals surface area contributed by atoms with E-state index in [9.17, 15) is 4.79 Å². The van der Waals surface area contributed by atoms with E-state index < -0.39 is 0 Å². The summed E-state index contributed by atoms with van der Waals surface area (Å²) < 4.78 is 16.2. The van der Waals surface area contributed by atoms with Crippen molar-refractivity contribution in [3.63, 3.8) is 0 Å². The molecule has 0 fully saturated rings. The average Bonchev–Trinajstić information content (AvgIpc) is 2.80. The molecule has 0 saturated carbocycles. The molecule has 2 aromatic heterocycles. The summed E-state index contributed by atoms with van der Waals surface area (Å²) in [5.41, 5.74) is -0.238. The van der Waals surface area contributed by atoms with E-state index in [1.807, 2.05) is 0 Å². The summed E-state index contributed by atoms with van der Waals surface area (Å²) in [7, 11) is 2.99. The van der Waals surface area contributed by atoms with E-state index in [4.69, 9.17) is 14.0 Å². The minimum atomic E-state index is -0.238. The summed E-state index contributed by atoms with van der Waals surface area (Å²) >= 11 is 0. The molecular formula is C11H13N3O4. The van der Waals surface area contributed by atoms with E-state index in [0.29, 0.717) is 11.7 Å². The molecule has 18 heavy (non-hydrogen) atoms. The van der Waals surface area contributed by atoms with Crippen LogP contribution in [0.1, 0.15) is 11.7 Å². The molecule has 0 aliphatic rings. The van der Waals surface area contributed by atoms with Gasteiger partial charge in [-0.15, -0.1) is 0 Å². The normalized spacial score (nSPS) is 10.6. The number of aromatic nitrogens is 3. The van der Waals surface area contributed by atoms with Gasteiger partial charge in [0.15, 0.2) is 11.6 Å². The standard InChI is InChI=1S/C11H13N3O4/c1-16-7-10-12-9(13-18-10)6-14-5-3-4-8(17-2)11(14)15/h3-5H,6-7H2,1-2H3. The van der Waals surface area contributed by atoms with Crippen LogP contribution >= 0.6 is 0 Å². The lowest BCUT2D eigenvalue weighted by Gasteiger charge is -2.04. The van der Waals surface area contributed by atoms with Gasteiger partial charge in [0.05, 0.1) is 13.7 Å². The fourth-order valence-corrected chi connectivity index (χ4v) is 1.48. The van der Waals surface area contributed by atoms with Crippen LogP contribution in [0.15, 0.2) is 27.6 Å². The Hall–Kier alpha value is -2.15. The predicted octanol–water partition coefficient (Wildman–Crippen LogP) is 0.435. The Balaban J connectivity index is 2.20. The van der Waals surface area contributed by atoms with Crippen molar-refractivity contribution in [1.82, 2.24) is 14.7 Å². The molecular weight excluding hydrogens is 238 g/mol. The topological polar surface area (TPSA) is 79.4 Å². The van der Waals surface area contributed by atoms with Gasteiger partial charge >= 0.3 is 0 Å². The molecule has 7 nitrogen and oxygen atoms in total. The molecule has 0 unspecified atom stereocenters. The highest BCUT2D eigenvalue weighted by atomic mass is 16.5.